The van der Waals surface area contributed by atoms with Crippen molar-refractivity contribution < 1.29 is 4.74 Å². The van der Waals surface area contributed by atoms with Crippen LogP contribution < -0.4 is 5.32 Å². The van der Waals surface area contributed by atoms with Gasteiger partial charge < -0.3 is 15.0 Å². The van der Waals surface area contributed by atoms with Gasteiger partial charge in [-0.25, -0.2) is 0 Å². The molecule has 2 atom stereocenters. The van der Waals surface area contributed by atoms with Crippen molar-refractivity contribution in [1.29, 1.82) is 0 Å². The molecular formula is C24H37IN6O. The molecule has 7 nitrogen and oxygen atoms in total. The lowest BCUT2D eigenvalue weighted by Gasteiger charge is -2.34. The number of guanidine groups is 1. The maximum absolute atomic E-state index is 5.60. The zero-order valence-electron chi connectivity index (χ0n) is 19.5. The Labute approximate surface area is 209 Å². The first-order valence-electron chi connectivity index (χ1n) is 11.5. The van der Waals surface area contributed by atoms with Crippen LogP contribution in [0.25, 0.3) is 0 Å². The Bertz CT molecular complexity index is 862. The molecule has 2 unspecified atom stereocenters. The first-order valence-corrected chi connectivity index (χ1v) is 11.5. The molecule has 0 radical (unpaired) electrons. The highest BCUT2D eigenvalue weighted by molar-refractivity contribution is 14.0. The molecule has 0 aliphatic carbocycles. The van der Waals surface area contributed by atoms with Gasteiger partial charge in [-0.05, 0) is 31.4 Å². The Hall–Kier alpha value is -1.65. The fourth-order valence-electron chi connectivity index (χ4n) is 4.58. The second-order valence-electron chi connectivity index (χ2n) is 8.65. The first kappa shape index (κ1) is 25.0. The number of halogens is 1. The number of hydrogen-bond acceptors (Lipinski definition) is 4. The van der Waals surface area contributed by atoms with Crippen LogP contribution in [0, 0.1) is 6.92 Å². The van der Waals surface area contributed by atoms with Crippen molar-refractivity contribution in [1.82, 2.24) is 24.9 Å². The van der Waals surface area contributed by atoms with Gasteiger partial charge in [0.25, 0.3) is 0 Å². The molecule has 1 aromatic carbocycles. The number of likely N-dealkylation sites (tertiary alicyclic amines) is 1. The SMILES string of the molecule is CCNC(=NCC(c1ccc(C)cc1)N1CCOCC1)N1CCC(c2cnn(C)c2)C1.I. The fraction of sp³-hybridized carbons (Fsp3) is 0.583. The van der Waals surface area contributed by atoms with Gasteiger partial charge in [-0.15, -0.1) is 24.0 Å². The van der Waals surface area contributed by atoms with Crippen molar-refractivity contribution >= 4 is 29.9 Å². The monoisotopic (exact) mass is 552 g/mol. The molecule has 2 aliphatic rings. The summed E-state index contributed by atoms with van der Waals surface area (Å²) in [5.41, 5.74) is 3.95. The second-order valence-corrected chi connectivity index (χ2v) is 8.65. The van der Waals surface area contributed by atoms with E-state index < -0.39 is 0 Å². The molecule has 32 heavy (non-hydrogen) atoms. The third-order valence-corrected chi connectivity index (χ3v) is 6.38. The Morgan fingerprint density at radius 1 is 1.22 bits per heavy atom. The van der Waals surface area contributed by atoms with Crippen LogP contribution in [0.3, 0.4) is 0 Å². The molecule has 2 aliphatic heterocycles. The molecule has 2 fully saturated rings. The number of nitrogens with zero attached hydrogens (tertiary/aromatic N) is 5. The van der Waals surface area contributed by atoms with Gasteiger partial charge in [-0.3, -0.25) is 14.6 Å². The third kappa shape index (κ3) is 6.23. The summed E-state index contributed by atoms with van der Waals surface area (Å²) in [7, 11) is 1.98. The Morgan fingerprint density at radius 3 is 2.62 bits per heavy atom. The highest BCUT2D eigenvalue weighted by Crippen LogP contribution is 2.27. The number of rotatable bonds is 6. The minimum absolute atomic E-state index is 0. The van der Waals surface area contributed by atoms with Crippen molar-refractivity contribution in [2.75, 3.05) is 52.5 Å². The molecular weight excluding hydrogens is 515 g/mol. The minimum Gasteiger partial charge on any atom is -0.379 e. The second kappa shape index (κ2) is 12.0. The van der Waals surface area contributed by atoms with Crippen LogP contribution in [-0.4, -0.2) is 78.0 Å². The Kier molecular flexibility index (Phi) is 9.36. The number of aromatic nitrogens is 2. The molecule has 4 rings (SSSR count). The fourth-order valence-corrected chi connectivity index (χ4v) is 4.58. The summed E-state index contributed by atoms with van der Waals surface area (Å²) in [6.45, 7) is 11.4. The minimum atomic E-state index is 0. The smallest absolute Gasteiger partial charge is 0.194 e. The molecule has 0 spiro atoms. The van der Waals surface area contributed by atoms with Gasteiger partial charge in [0.15, 0.2) is 5.96 Å². The summed E-state index contributed by atoms with van der Waals surface area (Å²) in [5.74, 6) is 1.55. The summed E-state index contributed by atoms with van der Waals surface area (Å²) in [6.07, 6.45) is 5.29. The van der Waals surface area contributed by atoms with E-state index in [1.807, 2.05) is 17.9 Å². The number of benzene rings is 1. The van der Waals surface area contributed by atoms with Gasteiger partial charge in [-0.2, -0.15) is 5.10 Å². The van der Waals surface area contributed by atoms with E-state index in [9.17, 15) is 0 Å². The number of nitrogens with one attached hydrogen (secondary N) is 1. The van der Waals surface area contributed by atoms with E-state index in [-0.39, 0.29) is 30.0 Å². The molecule has 0 bridgehead atoms. The van der Waals surface area contributed by atoms with Gasteiger partial charge in [0, 0.05) is 51.9 Å². The summed E-state index contributed by atoms with van der Waals surface area (Å²) in [4.78, 5) is 10.1. The lowest BCUT2D eigenvalue weighted by atomic mass is 10.0. The molecule has 176 valence electrons. The van der Waals surface area contributed by atoms with Crippen LogP contribution in [0.4, 0.5) is 0 Å². The van der Waals surface area contributed by atoms with E-state index in [1.54, 1.807) is 0 Å². The number of ether oxygens (including phenoxy) is 1. The molecule has 8 heteroatoms. The number of aryl methyl sites for hydroxylation is 2. The lowest BCUT2D eigenvalue weighted by Crippen LogP contribution is -2.42. The van der Waals surface area contributed by atoms with E-state index in [4.69, 9.17) is 9.73 Å². The van der Waals surface area contributed by atoms with Gasteiger partial charge in [-0.1, -0.05) is 29.8 Å². The van der Waals surface area contributed by atoms with Crippen molar-refractivity contribution in [3.8, 4) is 0 Å². The molecule has 3 heterocycles. The quantitative estimate of drug-likeness (QED) is 0.339. The summed E-state index contributed by atoms with van der Waals surface area (Å²) in [6, 6.07) is 9.20. The van der Waals surface area contributed by atoms with Crippen molar-refractivity contribution in [3.63, 3.8) is 0 Å². The predicted octanol–water partition coefficient (Wildman–Crippen LogP) is 3.17. The van der Waals surface area contributed by atoms with Gasteiger partial charge in [0.1, 0.15) is 0 Å². The van der Waals surface area contributed by atoms with Crippen LogP contribution in [-0.2, 0) is 11.8 Å². The first-order chi connectivity index (χ1) is 15.1. The number of morpholine rings is 1. The van der Waals surface area contributed by atoms with Crippen LogP contribution >= 0.6 is 24.0 Å². The van der Waals surface area contributed by atoms with Crippen LogP contribution in [0.15, 0.2) is 41.7 Å². The Balaban J connectivity index is 0.00000289. The highest BCUT2D eigenvalue weighted by Gasteiger charge is 2.28. The molecule has 1 aromatic heterocycles. The molecule has 1 N–H and O–H groups in total. The van der Waals surface area contributed by atoms with Crippen molar-refractivity contribution in [2.24, 2.45) is 12.0 Å². The van der Waals surface area contributed by atoms with E-state index in [0.29, 0.717) is 5.92 Å². The average molecular weight is 553 g/mol. The highest BCUT2D eigenvalue weighted by atomic mass is 127. The maximum Gasteiger partial charge on any atom is 0.194 e. The largest absolute Gasteiger partial charge is 0.379 e. The zero-order valence-corrected chi connectivity index (χ0v) is 21.9. The predicted molar refractivity (Wildman–Crippen MR) is 140 cm³/mol. The molecule has 2 saturated heterocycles. The standard InChI is InChI=1S/C24H36N6O.HI/c1-4-25-24(30-10-9-21(18-30)22-15-27-28(3)17-22)26-16-23(29-11-13-31-14-12-29)20-7-5-19(2)6-8-20;/h5-8,15,17,21,23H,4,9-14,16,18H2,1-3H3,(H,25,26);1H. The lowest BCUT2D eigenvalue weighted by molar-refractivity contribution is 0.0179. The zero-order chi connectivity index (χ0) is 21.6. The van der Waals surface area contributed by atoms with Crippen molar-refractivity contribution in [3.05, 3.63) is 53.3 Å². The Morgan fingerprint density at radius 2 is 1.97 bits per heavy atom. The molecule has 0 amide bonds. The van der Waals surface area contributed by atoms with Gasteiger partial charge in [0.2, 0.25) is 0 Å². The summed E-state index contributed by atoms with van der Waals surface area (Å²) in [5, 5.41) is 7.89. The van der Waals surface area contributed by atoms with Gasteiger partial charge >= 0.3 is 0 Å². The summed E-state index contributed by atoms with van der Waals surface area (Å²) < 4.78 is 7.50. The van der Waals surface area contributed by atoms with Gasteiger partial charge in [0.05, 0.1) is 32.0 Å². The van der Waals surface area contributed by atoms with Crippen LogP contribution in [0.2, 0.25) is 0 Å². The topological polar surface area (TPSA) is 57.9 Å². The molecule has 2 aromatic rings. The van der Waals surface area contributed by atoms with E-state index in [1.165, 1.54) is 16.7 Å². The molecule has 0 saturated carbocycles. The number of hydrogen-bond donors (Lipinski definition) is 1. The number of aliphatic imine (C=N–C) groups is 1. The normalized spacial score (nSPS) is 20.8. The summed E-state index contributed by atoms with van der Waals surface area (Å²) >= 11 is 0. The maximum atomic E-state index is 5.60. The van der Waals surface area contributed by atoms with Crippen LogP contribution in [0.5, 0.6) is 0 Å². The van der Waals surface area contributed by atoms with Crippen LogP contribution in [0.1, 0.15) is 42.0 Å². The third-order valence-electron chi connectivity index (χ3n) is 6.38. The van der Waals surface area contributed by atoms with E-state index >= 15 is 0 Å². The van der Waals surface area contributed by atoms with E-state index in [0.717, 1.165) is 64.9 Å². The van der Waals surface area contributed by atoms with E-state index in [2.05, 4.69) is 64.5 Å². The average Bonchev–Trinajstić information content (AvgIpc) is 3.44. The van der Waals surface area contributed by atoms with Crippen molar-refractivity contribution in [2.45, 2.75) is 32.2 Å².